The maximum atomic E-state index is 12.5. The number of anilines is 1. The summed E-state index contributed by atoms with van der Waals surface area (Å²) in [6.07, 6.45) is 1.80. The highest BCUT2D eigenvalue weighted by Crippen LogP contribution is 2.28. The van der Waals surface area contributed by atoms with E-state index in [9.17, 15) is 9.59 Å². The fourth-order valence-electron chi connectivity index (χ4n) is 4.33. The molecule has 1 aromatic carbocycles. The molecule has 27 heavy (non-hydrogen) atoms. The number of urea groups is 1. The Morgan fingerprint density at radius 3 is 2.59 bits per heavy atom. The third kappa shape index (κ3) is 4.53. The monoisotopic (exact) mass is 373 g/mol. The van der Waals surface area contributed by atoms with Crippen LogP contribution in [0.25, 0.3) is 0 Å². The average molecular weight is 374 g/mol. The molecule has 2 heterocycles. The molecule has 0 spiro atoms. The zero-order chi connectivity index (χ0) is 19.6. The van der Waals surface area contributed by atoms with E-state index in [1.165, 1.54) is 0 Å². The summed E-state index contributed by atoms with van der Waals surface area (Å²) >= 11 is 0. The zero-order valence-electron chi connectivity index (χ0n) is 16.5. The van der Waals surface area contributed by atoms with E-state index in [0.29, 0.717) is 12.1 Å². The van der Waals surface area contributed by atoms with E-state index in [1.807, 2.05) is 18.2 Å². The third-order valence-electron chi connectivity index (χ3n) is 5.76. The van der Waals surface area contributed by atoms with Gasteiger partial charge in [0, 0.05) is 37.4 Å². The molecule has 2 saturated heterocycles. The van der Waals surface area contributed by atoms with Gasteiger partial charge in [-0.15, -0.1) is 0 Å². The van der Waals surface area contributed by atoms with Crippen LogP contribution in [-0.2, 0) is 0 Å². The van der Waals surface area contributed by atoms with E-state index in [1.54, 1.807) is 6.07 Å². The molecule has 0 bridgehead atoms. The lowest BCUT2D eigenvalue weighted by Gasteiger charge is -2.43. The average Bonchev–Trinajstić information content (AvgIpc) is 3.05. The molecule has 0 saturated carbocycles. The van der Waals surface area contributed by atoms with E-state index in [-0.39, 0.29) is 23.5 Å². The number of rotatable bonds is 4. The van der Waals surface area contributed by atoms with Gasteiger partial charge in [0.1, 0.15) is 0 Å². The summed E-state index contributed by atoms with van der Waals surface area (Å²) < 4.78 is 0. The summed E-state index contributed by atoms with van der Waals surface area (Å²) in [6, 6.07) is 7.48. The van der Waals surface area contributed by atoms with Crippen molar-refractivity contribution in [1.29, 1.82) is 0 Å². The number of para-hydroxylation sites is 1. The van der Waals surface area contributed by atoms with Gasteiger partial charge in [-0.3, -0.25) is 4.79 Å². The quantitative estimate of drug-likeness (QED) is 0.744. The number of primary amides is 1. The number of hydrogen-bond donors (Lipinski definition) is 3. The molecule has 0 aliphatic carbocycles. The number of hydrogen-bond acceptors (Lipinski definition) is 4. The maximum Gasteiger partial charge on any atom is 0.315 e. The summed E-state index contributed by atoms with van der Waals surface area (Å²) in [6.45, 7) is 7.83. The van der Waals surface area contributed by atoms with E-state index in [4.69, 9.17) is 5.73 Å². The highest BCUT2D eigenvalue weighted by molar-refractivity contribution is 5.98. The van der Waals surface area contributed by atoms with Crippen LogP contribution in [0.5, 0.6) is 0 Å². The largest absolute Gasteiger partial charge is 0.369 e. The molecular formula is C20H31N5O2. The number of benzene rings is 1. The first kappa shape index (κ1) is 19.5. The second-order valence-electron chi connectivity index (χ2n) is 8.50. The Hall–Kier alpha value is -2.28. The molecule has 4 N–H and O–H groups in total. The van der Waals surface area contributed by atoms with Crippen LogP contribution in [0.15, 0.2) is 24.3 Å². The van der Waals surface area contributed by atoms with E-state index < -0.39 is 5.91 Å². The first-order valence-corrected chi connectivity index (χ1v) is 9.65. The molecule has 7 heteroatoms. The predicted molar refractivity (Wildman–Crippen MR) is 107 cm³/mol. The molecule has 2 aliphatic rings. The van der Waals surface area contributed by atoms with Crippen LogP contribution < -0.4 is 21.3 Å². The lowest BCUT2D eigenvalue weighted by atomic mass is 9.79. The minimum Gasteiger partial charge on any atom is -0.369 e. The first-order chi connectivity index (χ1) is 12.8. The summed E-state index contributed by atoms with van der Waals surface area (Å²) in [7, 11) is 2.12. The second kappa shape index (κ2) is 7.76. The number of carbonyl (C=O) groups is 2. The van der Waals surface area contributed by atoms with Gasteiger partial charge in [0.2, 0.25) is 0 Å². The Bertz CT molecular complexity index is 705. The van der Waals surface area contributed by atoms with Gasteiger partial charge in [0.25, 0.3) is 5.91 Å². The molecule has 3 rings (SSSR count). The topological polar surface area (TPSA) is 90.7 Å². The second-order valence-corrected chi connectivity index (χ2v) is 8.50. The number of nitrogens with one attached hydrogen (secondary N) is 2. The van der Waals surface area contributed by atoms with Gasteiger partial charge in [-0.05, 0) is 44.0 Å². The minimum atomic E-state index is -0.427. The summed E-state index contributed by atoms with van der Waals surface area (Å²) in [5.41, 5.74) is 6.90. The molecule has 2 aliphatic heterocycles. The van der Waals surface area contributed by atoms with Gasteiger partial charge < -0.3 is 26.2 Å². The number of likely N-dealkylation sites (tertiary alicyclic amines) is 1. The molecular weight excluding hydrogens is 342 g/mol. The van der Waals surface area contributed by atoms with Crippen molar-refractivity contribution in [1.82, 2.24) is 15.5 Å². The molecule has 2 fully saturated rings. The smallest absolute Gasteiger partial charge is 0.315 e. The maximum absolute atomic E-state index is 12.5. The Morgan fingerprint density at radius 2 is 1.89 bits per heavy atom. The summed E-state index contributed by atoms with van der Waals surface area (Å²) in [5.74, 6) is -0.427. The highest BCUT2D eigenvalue weighted by atomic mass is 16.2. The first-order valence-electron chi connectivity index (χ1n) is 9.65. The van der Waals surface area contributed by atoms with Crippen LogP contribution >= 0.6 is 0 Å². The lowest BCUT2D eigenvalue weighted by Crippen LogP contribution is -2.57. The van der Waals surface area contributed by atoms with Crippen molar-refractivity contribution < 1.29 is 9.59 Å². The number of nitrogens with zero attached hydrogens (tertiary/aromatic N) is 2. The van der Waals surface area contributed by atoms with Gasteiger partial charge in [0.05, 0.1) is 5.56 Å². The fraction of sp³-hybridized carbons (Fsp3) is 0.600. The Morgan fingerprint density at radius 1 is 1.15 bits per heavy atom. The SMILES string of the molecule is CN1CCC(NC(=O)NC2CCN(c3ccccc3C(N)=O)C2)C(C)(C)C1. The van der Waals surface area contributed by atoms with Gasteiger partial charge in [0.15, 0.2) is 0 Å². The van der Waals surface area contributed by atoms with Gasteiger partial charge in [-0.2, -0.15) is 0 Å². The fourth-order valence-corrected chi connectivity index (χ4v) is 4.33. The Balaban J connectivity index is 1.56. The van der Waals surface area contributed by atoms with E-state index in [2.05, 4.69) is 41.3 Å². The number of amides is 3. The lowest BCUT2D eigenvalue weighted by molar-refractivity contribution is 0.0999. The highest BCUT2D eigenvalue weighted by Gasteiger charge is 2.36. The van der Waals surface area contributed by atoms with Crippen molar-refractivity contribution >= 4 is 17.6 Å². The van der Waals surface area contributed by atoms with Crippen molar-refractivity contribution in [3.8, 4) is 0 Å². The number of nitrogens with two attached hydrogens (primary N) is 1. The van der Waals surface area contributed by atoms with Crippen LogP contribution in [0.4, 0.5) is 10.5 Å². The molecule has 2 unspecified atom stereocenters. The molecule has 1 aromatic rings. The van der Waals surface area contributed by atoms with E-state index in [0.717, 1.165) is 38.2 Å². The van der Waals surface area contributed by atoms with Crippen molar-refractivity contribution in [3.63, 3.8) is 0 Å². The van der Waals surface area contributed by atoms with Crippen molar-refractivity contribution in [2.45, 2.75) is 38.8 Å². The normalized spacial score (nSPS) is 25.2. The summed E-state index contributed by atoms with van der Waals surface area (Å²) in [4.78, 5) is 28.6. The van der Waals surface area contributed by atoms with E-state index >= 15 is 0 Å². The number of piperidine rings is 1. The standard InChI is InChI=1S/C20H31N5O2/c1-20(2)13-24(3)10-9-17(20)23-19(27)22-14-8-11-25(12-14)16-7-5-4-6-15(16)18(21)26/h4-7,14,17H,8-13H2,1-3H3,(H2,21,26)(H2,22,23,27). The zero-order valence-corrected chi connectivity index (χ0v) is 16.5. The van der Waals surface area contributed by atoms with Crippen LogP contribution in [0.1, 0.15) is 37.0 Å². The Kier molecular flexibility index (Phi) is 5.60. The molecule has 0 radical (unpaired) electrons. The van der Waals surface area contributed by atoms with Gasteiger partial charge >= 0.3 is 6.03 Å². The summed E-state index contributed by atoms with van der Waals surface area (Å²) in [5, 5.41) is 6.27. The van der Waals surface area contributed by atoms with Crippen molar-refractivity contribution in [2.75, 3.05) is 38.1 Å². The third-order valence-corrected chi connectivity index (χ3v) is 5.76. The number of carbonyl (C=O) groups excluding carboxylic acids is 2. The van der Waals surface area contributed by atoms with Gasteiger partial charge in [-0.25, -0.2) is 4.79 Å². The molecule has 3 amide bonds. The van der Waals surface area contributed by atoms with Gasteiger partial charge in [-0.1, -0.05) is 26.0 Å². The molecule has 2 atom stereocenters. The van der Waals surface area contributed by atoms with Crippen LogP contribution in [-0.4, -0.2) is 62.1 Å². The van der Waals surface area contributed by atoms with Crippen molar-refractivity contribution in [3.05, 3.63) is 29.8 Å². The minimum absolute atomic E-state index is 0.0481. The molecule has 0 aromatic heterocycles. The molecule has 148 valence electrons. The van der Waals surface area contributed by atoms with Crippen LogP contribution in [0.2, 0.25) is 0 Å². The van der Waals surface area contributed by atoms with Crippen molar-refractivity contribution in [2.24, 2.45) is 11.1 Å². The molecule has 7 nitrogen and oxygen atoms in total. The van der Waals surface area contributed by atoms with Crippen LogP contribution in [0.3, 0.4) is 0 Å². The van der Waals surface area contributed by atoms with Crippen LogP contribution in [0, 0.1) is 5.41 Å². The predicted octanol–water partition coefficient (Wildman–Crippen LogP) is 1.39. The Labute approximate surface area is 161 Å².